The summed E-state index contributed by atoms with van der Waals surface area (Å²) in [4.78, 5) is 0. The van der Waals surface area contributed by atoms with Crippen LogP contribution in [0, 0.1) is 5.82 Å². The van der Waals surface area contributed by atoms with Crippen molar-refractivity contribution in [3.05, 3.63) is 48.3 Å². The molecule has 0 aliphatic carbocycles. The summed E-state index contributed by atoms with van der Waals surface area (Å²) in [6.07, 6.45) is 0.498. The molecule has 0 N–H and O–H groups in total. The van der Waals surface area contributed by atoms with Crippen LogP contribution < -0.4 is 9.47 Å². The third-order valence-electron chi connectivity index (χ3n) is 5.74. The number of ether oxygens (including phenoxy) is 8. The minimum atomic E-state index is -0.418. The Hall–Kier alpha value is -2.27. The van der Waals surface area contributed by atoms with E-state index < -0.39 is 5.82 Å². The van der Waals surface area contributed by atoms with Crippen LogP contribution >= 0.6 is 0 Å². The second kappa shape index (κ2) is 14.6. The van der Waals surface area contributed by atoms with Gasteiger partial charge in [-0.05, 0) is 49.2 Å². The van der Waals surface area contributed by atoms with Crippen LogP contribution in [0.5, 0.6) is 11.5 Å². The Labute approximate surface area is 217 Å². The molecular weight excluding hydrogens is 483 g/mol. The molecule has 2 heterocycles. The predicted octanol–water partition coefficient (Wildman–Crippen LogP) is 3.89. The lowest BCUT2D eigenvalue weighted by molar-refractivity contribution is -0.0173. The lowest BCUT2D eigenvalue weighted by Gasteiger charge is -2.14. The van der Waals surface area contributed by atoms with Gasteiger partial charge in [0.05, 0.1) is 65.1 Å². The topological polar surface area (TPSA) is 80.4 Å². The van der Waals surface area contributed by atoms with Crippen LogP contribution in [0.4, 0.5) is 4.39 Å². The first-order valence-electron chi connectivity index (χ1n) is 12.8. The molecule has 0 aromatic heterocycles. The molecule has 4 atom stereocenters. The highest BCUT2D eigenvalue weighted by Gasteiger charge is 2.24. The van der Waals surface area contributed by atoms with E-state index in [1.54, 1.807) is 6.07 Å². The van der Waals surface area contributed by atoms with Gasteiger partial charge in [0.25, 0.3) is 0 Å². The van der Waals surface area contributed by atoms with E-state index in [9.17, 15) is 4.39 Å². The smallest absolute Gasteiger partial charge is 0.165 e. The third-order valence-corrected chi connectivity index (χ3v) is 5.74. The van der Waals surface area contributed by atoms with Crippen molar-refractivity contribution in [1.29, 1.82) is 0 Å². The molecule has 2 aliphatic rings. The Bertz CT molecular complexity index is 932. The zero-order valence-electron chi connectivity index (χ0n) is 21.6. The van der Waals surface area contributed by atoms with Gasteiger partial charge in [0.2, 0.25) is 0 Å². The molecule has 2 saturated heterocycles. The van der Waals surface area contributed by atoms with E-state index in [0.717, 1.165) is 30.1 Å². The molecule has 9 heteroatoms. The van der Waals surface area contributed by atoms with Gasteiger partial charge in [-0.15, -0.1) is 0 Å². The fraction of sp³-hybridized carbons (Fsp3) is 0.571. The van der Waals surface area contributed by atoms with Crippen molar-refractivity contribution in [1.82, 2.24) is 0 Å². The quantitative estimate of drug-likeness (QED) is 0.204. The van der Waals surface area contributed by atoms with Crippen LogP contribution in [-0.2, 0) is 28.4 Å². The predicted molar refractivity (Wildman–Crippen MR) is 135 cm³/mol. The van der Waals surface area contributed by atoms with Crippen LogP contribution in [0.2, 0.25) is 0 Å². The Kier molecular flexibility index (Phi) is 11.0. The van der Waals surface area contributed by atoms with Crippen LogP contribution in [0.15, 0.2) is 42.5 Å². The molecule has 2 aromatic carbocycles. The first-order valence-corrected chi connectivity index (χ1v) is 12.8. The number of benzene rings is 2. The average Bonchev–Trinajstić information content (AvgIpc) is 3.82. The van der Waals surface area contributed by atoms with Gasteiger partial charge in [-0.3, -0.25) is 0 Å². The molecule has 2 aromatic rings. The SMILES string of the molecule is CC(COCCOc1ccc(-c2ccc(OCCOCC(C)OCC3CO3)c(F)c2)cc1)OCC1CO1. The maximum absolute atomic E-state index is 14.6. The van der Waals surface area contributed by atoms with Crippen LogP contribution in [0.1, 0.15) is 13.8 Å². The van der Waals surface area contributed by atoms with Crippen molar-refractivity contribution in [2.24, 2.45) is 0 Å². The maximum atomic E-state index is 14.6. The highest BCUT2D eigenvalue weighted by atomic mass is 19.1. The normalized spacial score (nSPS) is 19.9. The molecule has 204 valence electrons. The zero-order chi connectivity index (χ0) is 25.9. The summed E-state index contributed by atoms with van der Waals surface area (Å²) in [5, 5.41) is 0. The van der Waals surface area contributed by atoms with Crippen molar-refractivity contribution in [2.45, 2.75) is 38.3 Å². The average molecular weight is 521 g/mol. The highest BCUT2D eigenvalue weighted by Crippen LogP contribution is 2.27. The lowest BCUT2D eigenvalue weighted by atomic mass is 10.1. The van der Waals surface area contributed by atoms with E-state index >= 15 is 0 Å². The van der Waals surface area contributed by atoms with Gasteiger partial charge in [0.15, 0.2) is 11.6 Å². The molecule has 2 fully saturated rings. The van der Waals surface area contributed by atoms with Gasteiger partial charge < -0.3 is 37.9 Å². The first-order chi connectivity index (χ1) is 18.1. The minimum absolute atomic E-state index is 0.0215. The van der Waals surface area contributed by atoms with Crippen LogP contribution in [0.25, 0.3) is 11.1 Å². The van der Waals surface area contributed by atoms with Crippen LogP contribution in [0.3, 0.4) is 0 Å². The summed E-state index contributed by atoms with van der Waals surface area (Å²) in [6.45, 7) is 9.17. The molecule has 0 spiro atoms. The lowest BCUT2D eigenvalue weighted by Crippen LogP contribution is -2.20. The fourth-order valence-corrected chi connectivity index (χ4v) is 3.44. The summed E-state index contributed by atoms with van der Waals surface area (Å²) in [6, 6.07) is 12.4. The Morgan fingerprint density at radius 1 is 0.757 bits per heavy atom. The van der Waals surface area contributed by atoms with E-state index in [1.165, 1.54) is 6.07 Å². The highest BCUT2D eigenvalue weighted by molar-refractivity contribution is 5.65. The number of epoxide rings is 2. The van der Waals surface area contributed by atoms with Gasteiger partial charge in [-0.25, -0.2) is 4.39 Å². The molecular formula is C28H37FO8. The van der Waals surface area contributed by atoms with Gasteiger partial charge in [0.1, 0.15) is 31.2 Å². The molecule has 0 radical (unpaired) electrons. The third kappa shape index (κ3) is 10.6. The second-order valence-electron chi connectivity index (χ2n) is 9.21. The molecule has 4 unspecified atom stereocenters. The summed E-state index contributed by atoms with van der Waals surface area (Å²) in [5.41, 5.74) is 1.64. The van der Waals surface area contributed by atoms with Crippen molar-refractivity contribution in [3.8, 4) is 22.6 Å². The summed E-state index contributed by atoms with van der Waals surface area (Å²) in [5.74, 6) is 0.505. The van der Waals surface area contributed by atoms with Gasteiger partial charge in [-0.2, -0.15) is 0 Å². The number of hydrogen-bond acceptors (Lipinski definition) is 8. The monoisotopic (exact) mass is 520 g/mol. The van der Waals surface area contributed by atoms with E-state index in [-0.39, 0.29) is 36.8 Å². The van der Waals surface area contributed by atoms with Gasteiger partial charge in [0, 0.05) is 0 Å². The minimum Gasteiger partial charge on any atom is -0.491 e. The number of rotatable bonds is 19. The Balaban J connectivity index is 1.10. The summed E-state index contributed by atoms with van der Waals surface area (Å²) >= 11 is 0. The molecule has 8 nitrogen and oxygen atoms in total. The Morgan fingerprint density at radius 2 is 1.30 bits per heavy atom. The molecule has 37 heavy (non-hydrogen) atoms. The molecule has 0 saturated carbocycles. The van der Waals surface area contributed by atoms with Gasteiger partial charge in [-0.1, -0.05) is 18.2 Å². The Morgan fingerprint density at radius 3 is 1.84 bits per heavy atom. The molecule has 0 bridgehead atoms. The molecule has 2 aliphatic heterocycles. The van der Waals surface area contributed by atoms with E-state index in [2.05, 4.69) is 0 Å². The molecule has 0 amide bonds. The van der Waals surface area contributed by atoms with Crippen molar-refractivity contribution in [3.63, 3.8) is 0 Å². The first kappa shape index (κ1) is 27.8. The zero-order valence-corrected chi connectivity index (χ0v) is 21.6. The van der Waals surface area contributed by atoms with Crippen molar-refractivity contribution < 1.29 is 42.3 Å². The summed E-state index contributed by atoms with van der Waals surface area (Å²) in [7, 11) is 0. The van der Waals surface area contributed by atoms with E-state index in [4.69, 9.17) is 37.9 Å². The standard InChI is InChI=1S/C28H37FO8/c1-20(34-16-25-18-36-25)14-30-9-11-32-24-6-3-22(4-7-24)23-5-8-28(27(29)13-23)33-12-10-31-15-21(2)35-17-26-19-37-26/h3-8,13,20-21,25-26H,9-12,14-19H2,1-2H3. The van der Waals surface area contributed by atoms with E-state index in [0.29, 0.717) is 46.2 Å². The second-order valence-corrected chi connectivity index (χ2v) is 9.21. The summed E-state index contributed by atoms with van der Waals surface area (Å²) < 4.78 is 58.4. The van der Waals surface area contributed by atoms with Gasteiger partial charge >= 0.3 is 0 Å². The fourth-order valence-electron chi connectivity index (χ4n) is 3.44. The maximum Gasteiger partial charge on any atom is 0.165 e. The van der Waals surface area contributed by atoms with Crippen molar-refractivity contribution in [2.75, 3.05) is 66.1 Å². The van der Waals surface area contributed by atoms with E-state index in [1.807, 2.05) is 44.2 Å². The largest absolute Gasteiger partial charge is 0.491 e. The molecule has 4 rings (SSSR count). The number of hydrogen-bond donors (Lipinski definition) is 0. The van der Waals surface area contributed by atoms with Crippen molar-refractivity contribution >= 4 is 0 Å². The number of halogens is 1. The van der Waals surface area contributed by atoms with Crippen LogP contribution in [-0.4, -0.2) is 90.5 Å².